The number of carbonyl (C=O) groups is 1. The summed E-state index contributed by atoms with van der Waals surface area (Å²) in [5.74, 6) is 2.74. The molecule has 2 aromatic carbocycles. The van der Waals surface area contributed by atoms with Gasteiger partial charge >= 0.3 is 0 Å². The van der Waals surface area contributed by atoms with Crippen LogP contribution in [0.15, 0.2) is 40.8 Å². The molecule has 0 radical (unpaired) electrons. The van der Waals surface area contributed by atoms with E-state index in [2.05, 4.69) is 34.2 Å². The van der Waals surface area contributed by atoms with Crippen molar-refractivity contribution in [1.29, 1.82) is 0 Å². The van der Waals surface area contributed by atoms with Gasteiger partial charge in [0.1, 0.15) is 13.2 Å². The topological polar surface area (TPSA) is 77.7 Å². The zero-order valence-electron chi connectivity index (χ0n) is 20.4. The standard InChI is InChI=1S/C28H31N3O4/c1-18-5-7-20(8-6-18)27-30-29-25(35-27)9-10-26(32)31-17-28(11-3-4-12-28)22-16-24-23(33-13-14-34-24)15-21(22)19(31)2/h5-8,15-16,19H,3-4,9-14,17H2,1-2H3. The number of fused-ring (bicyclic) bond motifs is 3. The van der Waals surface area contributed by atoms with Crippen molar-refractivity contribution < 1.29 is 18.7 Å². The Morgan fingerprint density at radius 2 is 1.77 bits per heavy atom. The second-order valence-corrected chi connectivity index (χ2v) is 10.1. The Morgan fingerprint density at radius 3 is 2.51 bits per heavy atom. The van der Waals surface area contributed by atoms with E-state index in [0.717, 1.165) is 36.4 Å². The average molecular weight is 474 g/mol. The molecule has 7 heteroatoms. The van der Waals surface area contributed by atoms with E-state index in [-0.39, 0.29) is 17.4 Å². The van der Waals surface area contributed by atoms with Crippen LogP contribution in [0.3, 0.4) is 0 Å². The first-order chi connectivity index (χ1) is 17.0. The molecule has 0 saturated heterocycles. The highest BCUT2D eigenvalue weighted by atomic mass is 16.6. The van der Waals surface area contributed by atoms with Gasteiger partial charge in [0.2, 0.25) is 17.7 Å². The Morgan fingerprint density at radius 1 is 1.06 bits per heavy atom. The fraction of sp³-hybridized carbons (Fsp3) is 0.464. The molecule has 1 spiro atoms. The predicted molar refractivity (Wildman–Crippen MR) is 130 cm³/mol. The van der Waals surface area contributed by atoms with Gasteiger partial charge in [-0.05, 0) is 62.1 Å². The summed E-state index contributed by atoms with van der Waals surface area (Å²) in [6.45, 7) is 6.05. The number of benzene rings is 2. The van der Waals surface area contributed by atoms with Gasteiger partial charge in [-0.3, -0.25) is 4.79 Å². The number of nitrogens with zero attached hydrogens (tertiary/aromatic N) is 3. The Kier molecular flexibility index (Phi) is 5.50. The molecule has 1 saturated carbocycles. The average Bonchev–Trinajstić information content (AvgIpc) is 3.55. The van der Waals surface area contributed by atoms with E-state index in [1.807, 2.05) is 31.2 Å². The first-order valence-electron chi connectivity index (χ1n) is 12.7. The molecule has 3 heterocycles. The highest BCUT2D eigenvalue weighted by Gasteiger charge is 2.46. The molecule has 7 nitrogen and oxygen atoms in total. The van der Waals surface area contributed by atoms with Gasteiger partial charge in [0.15, 0.2) is 11.5 Å². The number of aromatic nitrogens is 2. The molecule has 1 aromatic heterocycles. The summed E-state index contributed by atoms with van der Waals surface area (Å²) in [6.07, 6.45) is 5.35. The molecule has 1 fully saturated rings. The van der Waals surface area contributed by atoms with Gasteiger partial charge in [-0.25, -0.2) is 0 Å². The summed E-state index contributed by atoms with van der Waals surface area (Å²) in [5.41, 5.74) is 4.59. The van der Waals surface area contributed by atoms with Crippen molar-refractivity contribution in [2.75, 3.05) is 19.8 Å². The molecule has 35 heavy (non-hydrogen) atoms. The zero-order chi connectivity index (χ0) is 24.0. The summed E-state index contributed by atoms with van der Waals surface area (Å²) in [7, 11) is 0. The van der Waals surface area contributed by atoms with E-state index in [9.17, 15) is 4.79 Å². The first kappa shape index (κ1) is 22.1. The van der Waals surface area contributed by atoms with Crippen molar-refractivity contribution in [3.05, 3.63) is 59.0 Å². The molecular weight excluding hydrogens is 442 g/mol. The third-order valence-electron chi connectivity index (χ3n) is 7.88. The molecule has 3 aliphatic rings. The smallest absolute Gasteiger partial charge is 0.247 e. The summed E-state index contributed by atoms with van der Waals surface area (Å²) < 4.78 is 17.6. The SMILES string of the molecule is Cc1ccc(-c2nnc(CCC(=O)N3CC4(CCCC4)c4cc5c(cc4C3C)OCCO5)o2)cc1. The van der Waals surface area contributed by atoms with Crippen molar-refractivity contribution in [2.45, 2.75) is 63.8 Å². The number of rotatable bonds is 4. The van der Waals surface area contributed by atoms with Gasteiger partial charge in [0.25, 0.3) is 0 Å². The van der Waals surface area contributed by atoms with Crippen LogP contribution in [0.5, 0.6) is 11.5 Å². The van der Waals surface area contributed by atoms with Crippen molar-refractivity contribution in [1.82, 2.24) is 15.1 Å². The molecule has 1 unspecified atom stereocenters. The zero-order valence-corrected chi connectivity index (χ0v) is 20.4. The number of hydrogen-bond acceptors (Lipinski definition) is 6. The molecule has 6 rings (SSSR count). The summed E-state index contributed by atoms with van der Waals surface area (Å²) >= 11 is 0. The predicted octanol–water partition coefficient (Wildman–Crippen LogP) is 5.16. The molecular formula is C28H31N3O4. The number of hydrogen-bond donors (Lipinski definition) is 0. The Hall–Kier alpha value is -3.35. The van der Waals surface area contributed by atoms with Crippen molar-refractivity contribution in [3.8, 4) is 23.0 Å². The minimum absolute atomic E-state index is 0.00353. The molecule has 0 bridgehead atoms. The molecule has 3 aromatic rings. The summed E-state index contributed by atoms with van der Waals surface area (Å²) in [4.78, 5) is 15.6. The Bertz CT molecular complexity index is 1240. The van der Waals surface area contributed by atoms with Crippen molar-refractivity contribution in [2.24, 2.45) is 0 Å². The van der Waals surface area contributed by atoms with Gasteiger partial charge in [0.05, 0.1) is 6.04 Å². The summed E-state index contributed by atoms with van der Waals surface area (Å²) in [5, 5.41) is 8.37. The third kappa shape index (κ3) is 3.97. The minimum Gasteiger partial charge on any atom is -0.486 e. The van der Waals surface area contributed by atoms with Crippen LogP contribution in [0.1, 0.15) is 67.7 Å². The highest BCUT2D eigenvalue weighted by molar-refractivity contribution is 5.78. The minimum atomic E-state index is -0.0228. The van der Waals surface area contributed by atoms with Gasteiger partial charge in [-0.2, -0.15) is 0 Å². The van der Waals surface area contributed by atoms with Crippen LogP contribution in [-0.4, -0.2) is 40.8 Å². The van der Waals surface area contributed by atoms with Gasteiger partial charge < -0.3 is 18.8 Å². The van der Waals surface area contributed by atoms with E-state index < -0.39 is 0 Å². The van der Waals surface area contributed by atoms with Crippen LogP contribution < -0.4 is 9.47 Å². The van der Waals surface area contributed by atoms with Gasteiger partial charge in [-0.15, -0.1) is 10.2 Å². The van der Waals surface area contributed by atoms with Crippen LogP contribution in [-0.2, 0) is 16.6 Å². The number of carbonyl (C=O) groups excluding carboxylic acids is 1. The van der Waals surface area contributed by atoms with E-state index in [1.54, 1.807) is 0 Å². The monoisotopic (exact) mass is 473 g/mol. The molecule has 182 valence electrons. The third-order valence-corrected chi connectivity index (χ3v) is 7.88. The van der Waals surface area contributed by atoms with Crippen LogP contribution in [0, 0.1) is 6.92 Å². The molecule has 2 aliphatic heterocycles. The number of amides is 1. The molecule has 1 atom stereocenters. The van der Waals surface area contributed by atoms with Crippen molar-refractivity contribution >= 4 is 5.91 Å². The van der Waals surface area contributed by atoms with E-state index in [1.165, 1.54) is 29.5 Å². The maximum Gasteiger partial charge on any atom is 0.247 e. The second kappa shape index (κ2) is 8.70. The maximum absolute atomic E-state index is 13.5. The van der Waals surface area contributed by atoms with Crippen molar-refractivity contribution in [3.63, 3.8) is 0 Å². The second-order valence-electron chi connectivity index (χ2n) is 10.1. The first-order valence-corrected chi connectivity index (χ1v) is 12.7. The van der Waals surface area contributed by atoms with Crippen LogP contribution in [0.2, 0.25) is 0 Å². The Labute approximate surface area is 205 Å². The lowest BCUT2D eigenvalue weighted by molar-refractivity contribution is -0.135. The molecule has 0 N–H and O–H groups in total. The van der Waals surface area contributed by atoms with E-state index >= 15 is 0 Å². The molecule has 1 amide bonds. The lowest BCUT2D eigenvalue weighted by Gasteiger charge is -2.46. The number of ether oxygens (including phenoxy) is 2. The normalized spacial score (nSPS) is 20.2. The van der Waals surface area contributed by atoms with Crippen LogP contribution >= 0.6 is 0 Å². The fourth-order valence-electron chi connectivity index (χ4n) is 5.93. The maximum atomic E-state index is 13.5. The van der Waals surface area contributed by atoms with E-state index in [0.29, 0.717) is 37.8 Å². The highest BCUT2D eigenvalue weighted by Crippen LogP contribution is 2.52. The molecule has 1 aliphatic carbocycles. The quantitative estimate of drug-likeness (QED) is 0.521. The van der Waals surface area contributed by atoms with Gasteiger partial charge in [-0.1, -0.05) is 30.5 Å². The van der Waals surface area contributed by atoms with Crippen LogP contribution in [0.4, 0.5) is 0 Å². The Balaban J connectivity index is 1.22. The lowest BCUT2D eigenvalue weighted by atomic mass is 9.71. The largest absolute Gasteiger partial charge is 0.486 e. The number of aryl methyl sites for hydroxylation is 2. The van der Waals surface area contributed by atoms with Crippen LogP contribution in [0.25, 0.3) is 11.5 Å². The summed E-state index contributed by atoms with van der Waals surface area (Å²) in [6, 6.07) is 12.3. The fourth-order valence-corrected chi connectivity index (χ4v) is 5.93. The van der Waals surface area contributed by atoms with Gasteiger partial charge in [0, 0.05) is 30.4 Å². The van der Waals surface area contributed by atoms with E-state index in [4.69, 9.17) is 13.9 Å². The lowest BCUT2D eigenvalue weighted by Crippen LogP contribution is -2.48.